The molecule has 1 aliphatic heterocycles. The van der Waals surface area contributed by atoms with Gasteiger partial charge in [-0.3, -0.25) is 4.90 Å². The first-order valence-electron chi connectivity index (χ1n) is 7.11. The molecule has 1 aromatic heterocycles. The molecular formula is C14H24N2O2S2. The van der Waals surface area contributed by atoms with Crippen molar-refractivity contribution in [2.45, 2.75) is 45.9 Å². The molecule has 0 spiro atoms. The van der Waals surface area contributed by atoms with Gasteiger partial charge >= 0.3 is 0 Å². The lowest BCUT2D eigenvalue weighted by Crippen LogP contribution is -2.46. The van der Waals surface area contributed by atoms with Gasteiger partial charge in [0.05, 0.1) is 11.5 Å². The van der Waals surface area contributed by atoms with Gasteiger partial charge < -0.3 is 5.32 Å². The first-order chi connectivity index (χ1) is 9.35. The summed E-state index contributed by atoms with van der Waals surface area (Å²) in [4.78, 5) is 4.93. The first kappa shape index (κ1) is 15.9. The Morgan fingerprint density at radius 2 is 2.10 bits per heavy atom. The van der Waals surface area contributed by atoms with E-state index in [0.29, 0.717) is 24.1 Å². The molecule has 0 radical (unpaired) electrons. The molecule has 1 fully saturated rings. The predicted molar refractivity (Wildman–Crippen MR) is 84.8 cm³/mol. The van der Waals surface area contributed by atoms with Gasteiger partial charge in [0.2, 0.25) is 0 Å². The number of nitrogens with one attached hydrogen (secondary N) is 1. The Balaban J connectivity index is 1.90. The Morgan fingerprint density at radius 3 is 2.75 bits per heavy atom. The van der Waals surface area contributed by atoms with E-state index < -0.39 is 9.84 Å². The summed E-state index contributed by atoms with van der Waals surface area (Å²) in [6, 6.07) is 4.94. The highest BCUT2D eigenvalue weighted by Crippen LogP contribution is 2.21. The fourth-order valence-corrected chi connectivity index (χ4v) is 5.00. The van der Waals surface area contributed by atoms with Crippen molar-refractivity contribution in [2.24, 2.45) is 0 Å². The predicted octanol–water partition coefficient (Wildman–Crippen LogP) is 1.86. The van der Waals surface area contributed by atoms with Crippen molar-refractivity contribution < 1.29 is 8.42 Å². The van der Waals surface area contributed by atoms with Gasteiger partial charge in [-0.15, -0.1) is 11.3 Å². The quantitative estimate of drug-likeness (QED) is 0.901. The molecule has 0 amide bonds. The van der Waals surface area contributed by atoms with Crippen molar-refractivity contribution in [1.82, 2.24) is 10.2 Å². The lowest BCUT2D eigenvalue weighted by atomic mass is 10.3. The fraction of sp³-hybridized carbons (Fsp3) is 0.714. The van der Waals surface area contributed by atoms with Crippen LogP contribution in [0.2, 0.25) is 0 Å². The minimum absolute atomic E-state index is 0.119. The summed E-state index contributed by atoms with van der Waals surface area (Å²) < 4.78 is 23.2. The monoisotopic (exact) mass is 316 g/mol. The van der Waals surface area contributed by atoms with Crippen LogP contribution in [0.25, 0.3) is 0 Å². The van der Waals surface area contributed by atoms with Crippen LogP contribution >= 0.6 is 11.3 Å². The van der Waals surface area contributed by atoms with Crippen molar-refractivity contribution in [1.29, 1.82) is 0 Å². The van der Waals surface area contributed by atoms with Crippen LogP contribution in [0.15, 0.2) is 12.1 Å². The minimum Gasteiger partial charge on any atom is -0.310 e. The number of hydrogen-bond acceptors (Lipinski definition) is 5. The van der Waals surface area contributed by atoms with Crippen LogP contribution in [0.1, 0.15) is 30.5 Å². The molecule has 1 N–H and O–H groups in total. The van der Waals surface area contributed by atoms with Crippen molar-refractivity contribution in [2.75, 3.05) is 18.1 Å². The van der Waals surface area contributed by atoms with Gasteiger partial charge in [0.1, 0.15) is 0 Å². The zero-order chi connectivity index (χ0) is 14.8. The molecule has 0 saturated carbocycles. The SMILES string of the molecule is CC(C)NCc1ccc(CN2CCS(=O)(=O)CC2C)s1. The average molecular weight is 316 g/mol. The van der Waals surface area contributed by atoms with E-state index >= 15 is 0 Å². The van der Waals surface area contributed by atoms with Crippen LogP contribution in [-0.4, -0.2) is 43.5 Å². The smallest absolute Gasteiger partial charge is 0.153 e. The molecule has 4 nitrogen and oxygen atoms in total. The maximum absolute atomic E-state index is 11.6. The lowest BCUT2D eigenvalue weighted by molar-refractivity contribution is 0.220. The Hall–Kier alpha value is -0.430. The highest BCUT2D eigenvalue weighted by Gasteiger charge is 2.28. The van der Waals surface area contributed by atoms with Crippen LogP contribution in [0.4, 0.5) is 0 Å². The summed E-state index contributed by atoms with van der Waals surface area (Å²) in [7, 11) is -2.82. The van der Waals surface area contributed by atoms with Crippen LogP contribution < -0.4 is 5.32 Å². The molecule has 2 heterocycles. The van der Waals surface area contributed by atoms with Crippen molar-refractivity contribution in [3.63, 3.8) is 0 Å². The van der Waals surface area contributed by atoms with Crippen LogP contribution in [0.3, 0.4) is 0 Å². The second-order valence-corrected chi connectivity index (χ2v) is 9.32. The van der Waals surface area contributed by atoms with E-state index in [1.807, 2.05) is 18.3 Å². The number of thiophene rings is 1. The Morgan fingerprint density at radius 1 is 1.40 bits per heavy atom. The van der Waals surface area contributed by atoms with Crippen molar-refractivity contribution in [3.8, 4) is 0 Å². The van der Waals surface area contributed by atoms with E-state index in [9.17, 15) is 8.42 Å². The molecule has 1 atom stereocenters. The largest absolute Gasteiger partial charge is 0.310 e. The van der Waals surface area contributed by atoms with E-state index in [1.54, 1.807) is 0 Å². The molecule has 20 heavy (non-hydrogen) atoms. The highest BCUT2D eigenvalue weighted by molar-refractivity contribution is 7.91. The molecular weight excluding hydrogens is 292 g/mol. The van der Waals surface area contributed by atoms with E-state index in [4.69, 9.17) is 0 Å². The molecule has 0 aliphatic carbocycles. The molecule has 1 saturated heterocycles. The third-order valence-corrected chi connectivity index (χ3v) is 6.43. The Kier molecular flexibility index (Phi) is 5.23. The third kappa shape index (κ3) is 4.55. The average Bonchev–Trinajstić information content (AvgIpc) is 2.77. The normalized spacial score (nSPS) is 23.3. The maximum Gasteiger partial charge on any atom is 0.153 e. The summed E-state index contributed by atoms with van der Waals surface area (Å²) in [5, 5.41) is 3.42. The van der Waals surface area contributed by atoms with Gasteiger partial charge in [-0.05, 0) is 19.1 Å². The highest BCUT2D eigenvalue weighted by atomic mass is 32.2. The second kappa shape index (κ2) is 6.56. The van der Waals surface area contributed by atoms with Crippen LogP contribution in [-0.2, 0) is 22.9 Å². The zero-order valence-corrected chi connectivity index (χ0v) is 14.1. The standard InChI is InChI=1S/C14H24N2O2S2/c1-11(2)15-8-13-4-5-14(19-13)9-16-6-7-20(17,18)10-12(16)3/h4-5,11-12,15H,6-10H2,1-3H3. The summed E-state index contributed by atoms with van der Waals surface area (Å²) in [5.41, 5.74) is 0. The summed E-state index contributed by atoms with van der Waals surface area (Å²) in [6.07, 6.45) is 0. The number of rotatable bonds is 5. The van der Waals surface area contributed by atoms with Gasteiger partial charge in [-0.25, -0.2) is 8.42 Å². The third-order valence-electron chi connectivity index (χ3n) is 3.57. The fourth-order valence-electron chi connectivity index (χ4n) is 2.38. The molecule has 114 valence electrons. The number of hydrogen-bond donors (Lipinski definition) is 1. The number of nitrogens with zero attached hydrogens (tertiary/aromatic N) is 1. The van der Waals surface area contributed by atoms with Gasteiger partial charge in [-0.2, -0.15) is 0 Å². The van der Waals surface area contributed by atoms with Crippen molar-refractivity contribution >= 4 is 21.2 Å². The molecule has 1 aliphatic rings. The van der Waals surface area contributed by atoms with Crippen molar-refractivity contribution in [3.05, 3.63) is 21.9 Å². The molecule has 1 unspecified atom stereocenters. The number of sulfone groups is 1. The summed E-state index contributed by atoms with van der Waals surface area (Å²) >= 11 is 1.82. The summed E-state index contributed by atoms with van der Waals surface area (Å²) in [6.45, 7) is 8.72. The van der Waals surface area contributed by atoms with E-state index in [-0.39, 0.29) is 6.04 Å². The van der Waals surface area contributed by atoms with Crippen LogP contribution in [0.5, 0.6) is 0 Å². The van der Waals surface area contributed by atoms with Gasteiger partial charge in [-0.1, -0.05) is 13.8 Å². The minimum atomic E-state index is -2.82. The molecule has 2 rings (SSSR count). The Labute approximate surface area is 126 Å². The zero-order valence-electron chi connectivity index (χ0n) is 12.4. The molecule has 0 aromatic carbocycles. The van der Waals surface area contributed by atoms with Gasteiger partial charge in [0.25, 0.3) is 0 Å². The topological polar surface area (TPSA) is 49.4 Å². The second-order valence-electron chi connectivity index (χ2n) is 5.84. The molecule has 0 bridgehead atoms. The van der Waals surface area contributed by atoms with Crippen LogP contribution in [0, 0.1) is 0 Å². The lowest BCUT2D eigenvalue weighted by Gasteiger charge is -2.32. The maximum atomic E-state index is 11.6. The van der Waals surface area contributed by atoms with E-state index in [1.165, 1.54) is 9.75 Å². The first-order valence-corrected chi connectivity index (χ1v) is 9.75. The molecule has 1 aromatic rings. The summed E-state index contributed by atoms with van der Waals surface area (Å²) in [5.74, 6) is 0.588. The Bertz CT molecular complexity index is 537. The molecule has 6 heteroatoms. The van der Waals surface area contributed by atoms with Gasteiger partial charge in [0.15, 0.2) is 9.84 Å². The van der Waals surface area contributed by atoms with Gasteiger partial charge in [0, 0.05) is 41.5 Å². The van der Waals surface area contributed by atoms with E-state index in [0.717, 1.165) is 13.1 Å². The van der Waals surface area contributed by atoms with E-state index in [2.05, 4.69) is 36.2 Å².